The SMILES string of the molecule is COc1ccc(C)cc1S(=O)(=O)Nc1ccc(Nc2nc(C)cc(C)n2)cc1. The Morgan fingerprint density at radius 1 is 0.857 bits per heavy atom. The number of hydrogen-bond donors (Lipinski definition) is 2. The van der Waals surface area contributed by atoms with Crippen LogP contribution in [0.15, 0.2) is 53.4 Å². The van der Waals surface area contributed by atoms with Gasteiger partial charge in [0.05, 0.1) is 7.11 Å². The van der Waals surface area contributed by atoms with Gasteiger partial charge in [0.1, 0.15) is 10.6 Å². The standard InChI is InChI=1S/C20H22N4O3S/c1-13-5-10-18(27-4)19(11-13)28(25,26)24-17-8-6-16(7-9-17)23-20-21-14(2)12-15(3)22-20/h5-12,24H,1-4H3,(H,21,22,23). The molecule has 0 aliphatic carbocycles. The minimum Gasteiger partial charge on any atom is -0.495 e. The number of rotatable bonds is 6. The zero-order chi connectivity index (χ0) is 20.3. The highest BCUT2D eigenvalue weighted by Crippen LogP contribution is 2.27. The second kappa shape index (κ2) is 7.85. The lowest BCUT2D eigenvalue weighted by molar-refractivity contribution is 0.402. The Bertz CT molecular complexity index is 1080. The number of hydrogen-bond acceptors (Lipinski definition) is 6. The van der Waals surface area contributed by atoms with Crippen molar-refractivity contribution in [3.8, 4) is 5.75 Å². The lowest BCUT2D eigenvalue weighted by atomic mass is 10.2. The summed E-state index contributed by atoms with van der Waals surface area (Å²) in [6.07, 6.45) is 0. The first-order chi connectivity index (χ1) is 13.3. The van der Waals surface area contributed by atoms with Crippen molar-refractivity contribution < 1.29 is 13.2 Å². The molecule has 0 atom stereocenters. The van der Waals surface area contributed by atoms with Crippen molar-refractivity contribution in [1.29, 1.82) is 0 Å². The Balaban J connectivity index is 1.79. The van der Waals surface area contributed by atoms with Crippen LogP contribution in [0.2, 0.25) is 0 Å². The molecule has 0 saturated heterocycles. The van der Waals surface area contributed by atoms with Gasteiger partial charge in [-0.3, -0.25) is 4.72 Å². The van der Waals surface area contributed by atoms with Gasteiger partial charge in [-0.15, -0.1) is 0 Å². The van der Waals surface area contributed by atoms with Crippen molar-refractivity contribution in [3.05, 3.63) is 65.5 Å². The van der Waals surface area contributed by atoms with Crippen LogP contribution in [-0.4, -0.2) is 25.5 Å². The van der Waals surface area contributed by atoms with E-state index >= 15 is 0 Å². The van der Waals surface area contributed by atoms with Crippen LogP contribution < -0.4 is 14.8 Å². The van der Waals surface area contributed by atoms with Gasteiger partial charge in [-0.05, 0) is 68.8 Å². The second-order valence-corrected chi connectivity index (χ2v) is 8.09. The van der Waals surface area contributed by atoms with E-state index in [0.29, 0.717) is 17.4 Å². The van der Waals surface area contributed by atoms with E-state index in [4.69, 9.17) is 4.74 Å². The minimum atomic E-state index is -3.78. The fourth-order valence-electron chi connectivity index (χ4n) is 2.74. The molecule has 0 amide bonds. The Kier molecular flexibility index (Phi) is 5.51. The van der Waals surface area contributed by atoms with E-state index in [2.05, 4.69) is 20.0 Å². The Hall–Kier alpha value is -3.13. The van der Waals surface area contributed by atoms with Crippen molar-refractivity contribution >= 4 is 27.3 Å². The van der Waals surface area contributed by atoms with E-state index in [1.54, 1.807) is 42.5 Å². The van der Waals surface area contributed by atoms with Crippen LogP contribution in [0.4, 0.5) is 17.3 Å². The molecule has 7 nitrogen and oxygen atoms in total. The van der Waals surface area contributed by atoms with Crippen molar-refractivity contribution in [2.75, 3.05) is 17.1 Å². The van der Waals surface area contributed by atoms with Gasteiger partial charge in [0.2, 0.25) is 5.95 Å². The van der Waals surface area contributed by atoms with Crippen LogP contribution in [0.5, 0.6) is 5.75 Å². The summed E-state index contributed by atoms with van der Waals surface area (Å²) >= 11 is 0. The molecule has 8 heteroatoms. The zero-order valence-corrected chi connectivity index (χ0v) is 17.0. The summed E-state index contributed by atoms with van der Waals surface area (Å²) in [6.45, 7) is 5.63. The summed E-state index contributed by atoms with van der Waals surface area (Å²) < 4.78 is 33.3. The number of aryl methyl sites for hydroxylation is 3. The van der Waals surface area contributed by atoms with E-state index in [1.165, 1.54) is 7.11 Å². The summed E-state index contributed by atoms with van der Waals surface area (Å²) in [5.74, 6) is 0.790. The number of benzene rings is 2. The minimum absolute atomic E-state index is 0.0980. The molecule has 3 aromatic rings. The van der Waals surface area contributed by atoms with Crippen molar-refractivity contribution in [3.63, 3.8) is 0 Å². The molecule has 0 aliphatic heterocycles. The Morgan fingerprint density at radius 3 is 2.07 bits per heavy atom. The van der Waals surface area contributed by atoms with Gasteiger partial charge in [0.25, 0.3) is 10.0 Å². The molecular formula is C20H22N4O3S. The quantitative estimate of drug-likeness (QED) is 0.653. The monoisotopic (exact) mass is 398 g/mol. The molecule has 2 N–H and O–H groups in total. The largest absolute Gasteiger partial charge is 0.495 e. The fourth-order valence-corrected chi connectivity index (χ4v) is 4.05. The van der Waals surface area contributed by atoms with Gasteiger partial charge in [-0.25, -0.2) is 18.4 Å². The number of methoxy groups -OCH3 is 1. The molecule has 0 fully saturated rings. The number of anilines is 3. The van der Waals surface area contributed by atoms with Crippen LogP contribution >= 0.6 is 0 Å². The normalized spacial score (nSPS) is 11.1. The smallest absolute Gasteiger partial charge is 0.265 e. The number of nitrogens with zero attached hydrogens (tertiary/aromatic N) is 2. The molecule has 146 valence electrons. The maximum absolute atomic E-state index is 12.8. The third-order valence-corrected chi connectivity index (χ3v) is 5.39. The first kappa shape index (κ1) is 19.6. The number of aromatic nitrogens is 2. The van der Waals surface area contributed by atoms with E-state index in [-0.39, 0.29) is 4.90 Å². The summed E-state index contributed by atoms with van der Waals surface area (Å²) in [7, 11) is -2.34. The summed E-state index contributed by atoms with van der Waals surface area (Å²) in [6, 6.07) is 13.8. The predicted octanol–water partition coefficient (Wildman–Crippen LogP) is 3.95. The van der Waals surface area contributed by atoms with Gasteiger partial charge in [-0.2, -0.15) is 0 Å². The van der Waals surface area contributed by atoms with Gasteiger partial charge in [0.15, 0.2) is 0 Å². The van der Waals surface area contributed by atoms with Crippen LogP contribution in [0.1, 0.15) is 17.0 Å². The van der Waals surface area contributed by atoms with E-state index in [9.17, 15) is 8.42 Å². The van der Waals surface area contributed by atoms with Crippen molar-refractivity contribution in [2.24, 2.45) is 0 Å². The third kappa shape index (κ3) is 4.58. The highest BCUT2D eigenvalue weighted by atomic mass is 32.2. The molecule has 0 bridgehead atoms. The van der Waals surface area contributed by atoms with Crippen molar-refractivity contribution in [1.82, 2.24) is 9.97 Å². The van der Waals surface area contributed by atoms with E-state index in [0.717, 1.165) is 22.6 Å². The number of sulfonamides is 1. The van der Waals surface area contributed by atoms with Gasteiger partial charge >= 0.3 is 0 Å². The second-order valence-electron chi connectivity index (χ2n) is 6.44. The van der Waals surface area contributed by atoms with Crippen LogP contribution in [0, 0.1) is 20.8 Å². The summed E-state index contributed by atoms with van der Waals surface area (Å²) in [5.41, 5.74) is 3.75. The zero-order valence-electron chi connectivity index (χ0n) is 16.1. The summed E-state index contributed by atoms with van der Waals surface area (Å²) in [4.78, 5) is 8.76. The van der Waals surface area contributed by atoms with Crippen LogP contribution in [-0.2, 0) is 10.0 Å². The summed E-state index contributed by atoms with van der Waals surface area (Å²) in [5, 5.41) is 3.11. The molecule has 0 spiro atoms. The van der Waals surface area contributed by atoms with Gasteiger partial charge in [0, 0.05) is 22.8 Å². The molecule has 0 aliphatic rings. The first-order valence-corrected chi connectivity index (χ1v) is 10.1. The molecule has 0 radical (unpaired) electrons. The maximum Gasteiger partial charge on any atom is 0.265 e. The lowest BCUT2D eigenvalue weighted by Gasteiger charge is -2.13. The molecular weight excluding hydrogens is 376 g/mol. The van der Waals surface area contributed by atoms with Crippen LogP contribution in [0.25, 0.3) is 0 Å². The molecule has 1 heterocycles. The topological polar surface area (TPSA) is 93.2 Å². The Labute approximate surface area is 164 Å². The molecule has 28 heavy (non-hydrogen) atoms. The van der Waals surface area contributed by atoms with Gasteiger partial charge < -0.3 is 10.1 Å². The highest BCUT2D eigenvalue weighted by molar-refractivity contribution is 7.92. The molecule has 3 rings (SSSR count). The lowest BCUT2D eigenvalue weighted by Crippen LogP contribution is -2.14. The van der Waals surface area contributed by atoms with Crippen molar-refractivity contribution in [2.45, 2.75) is 25.7 Å². The third-order valence-electron chi connectivity index (χ3n) is 3.98. The first-order valence-electron chi connectivity index (χ1n) is 8.64. The molecule has 2 aromatic carbocycles. The Morgan fingerprint density at radius 2 is 1.46 bits per heavy atom. The molecule has 0 saturated carbocycles. The average Bonchev–Trinajstić information content (AvgIpc) is 2.62. The molecule has 1 aromatic heterocycles. The molecule has 0 unspecified atom stereocenters. The predicted molar refractivity (Wildman–Crippen MR) is 110 cm³/mol. The van der Waals surface area contributed by atoms with E-state index in [1.807, 2.05) is 26.8 Å². The maximum atomic E-state index is 12.8. The average molecular weight is 398 g/mol. The van der Waals surface area contributed by atoms with Crippen LogP contribution in [0.3, 0.4) is 0 Å². The highest BCUT2D eigenvalue weighted by Gasteiger charge is 2.19. The fraction of sp³-hybridized carbons (Fsp3) is 0.200. The van der Waals surface area contributed by atoms with E-state index < -0.39 is 10.0 Å². The number of nitrogens with one attached hydrogen (secondary N) is 2. The van der Waals surface area contributed by atoms with Gasteiger partial charge in [-0.1, -0.05) is 6.07 Å². The number of ether oxygens (including phenoxy) is 1.